The molecule has 0 aliphatic rings. The van der Waals surface area contributed by atoms with Gasteiger partial charge >= 0.3 is 0 Å². The van der Waals surface area contributed by atoms with Gasteiger partial charge in [0.25, 0.3) is 0 Å². The molecule has 0 aliphatic heterocycles. The minimum atomic E-state index is 0.601. The molecule has 92 valence electrons. The molecule has 0 aliphatic carbocycles. The zero-order valence-electron chi connectivity index (χ0n) is 10.3. The Balaban J connectivity index is 2.37. The number of anilines is 1. The molecule has 4 nitrogen and oxygen atoms in total. The van der Waals surface area contributed by atoms with Crippen molar-refractivity contribution in [2.45, 2.75) is 25.1 Å². The topological polar surface area (TPSA) is 39.1 Å². The molecule has 1 aromatic rings. The first-order chi connectivity index (χ1) is 7.77. The molecule has 1 aromatic heterocycles. The normalized spacial score (nSPS) is 12.7. The SMILES string of the molecule is COCCCn1ccnc1NCC(C)SC. The second-order valence-electron chi connectivity index (χ2n) is 3.72. The summed E-state index contributed by atoms with van der Waals surface area (Å²) in [6.07, 6.45) is 6.97. The Hall–Kier alpha value is -0.680. The third kappa shape index (κ3) is 4.45. The fourth-order valence-corrected chi connectivity index (χ4v) is 1.60. The van der Waals surface area contributed by atoms with Crippen molar-refractivity contribution in [2.24, 2.45) is 0 Å². The van der Waals surface area contributed by atoms with Gasteiger partial charge in [0.05, 0.1) is 0 Å². The van der Waals surface area contributed by atoms with Crippen LogP contribution in [0.3, 0.4) is 0 Å². The van der Waals surface area contributed by atoms with Gasteiger partial charge in [-0.3, -0.25) is 0 Å². The molecule has 1 atom stereocenters. The van der Waals surface area contributed by atoms with Crippen LogP contribution < -0.4 is 5.32 Å². The van der Waals surface area contributed by atoms with Gasteiger partial charge in [-0.2, -0.15) is 11.8 Å². The van der Waals surface area contributed by atoms with Gasteiger partial charge in [0, 0.05) is 44.4 Å². The Morgan fingerprint density at radius 3 is 3.12 bits per heavy atom. The van der Waals surface area contributed by atoms with E-state index < -0.39 is 0 Å². The van der Waals surface area contributed by atoms with Gasteiger partial charge in [0.2, 0.25) is 5.95 Å². The number of aromatic nitrogens is 2. The van der Waals surface area contributed by atoms with Crippen molar-refractivity contribution in [3.63, 3.8) is 0 Å². The molecule has 0 bridgehead atoms. The standard InChI is InChI=1S/C11H21N3OS/c1-10(16-3)9-13-11-12-5-7-14(11)6-4-8-15-2/h5,7,10H,4,6,8-9H2,1-3H3,(H,12,13). The molecule has 0 radical (unpaired) electrons. The van der Waals surface area contributed by atoms with Crippen molar-refractivity contribution in [1.82, 2.24) is 9.55 Å². The molecule has 1 unspecified atom stereocenters. The monoisotopic (exact) mass is 243 g/mol. The number of hydrogen-bond donors (Lipinski definition) is 1. The van der Waals surface area contributed by atoms with Gasteiger partial charge in [0.15, 0.2) is 0 Å². The van der Waals surface area contributed by atoms with E-state index >= 15 is 0 Å². The lowest BCUT2D eigenvalue weighted by atomic mass is 10.4. The van der Waals surface area contributed by atoms with Crippen molar-refractivity contribution in [1.29, 1.82) is 0 Å². The van der Waals surface area contributed by atoms with Crippen molar-refractivity contribution >= 4 is 17.7 Å². The second kappa shape index (κ2) is 7.57. The van der Waals surface area contributed by atoms with Gasteiger partial charge in [0.1, 0.15) is 0 Å². The number of nitrogens with one attached hydrogen (secondary N) is 1. The number of imidazole rings is 1. The summed E-state index contributed by atoms with van der Waals surface area (Å²) in [5.74, 6) is 0.956. The van der Waals surface area contributed by atoms with Crippen LogP contribution in [0.2, 0.25) is 0 Å². The molecule has 0 saturated heterocycles. The lowest BCUT2D eigenvalue weighted by Gasteiger charge is -2.12. The Kier molecular flexibility index (Phi) is 6.33. The van der Waals surface area contributed by atoms with E-state index in [4.69, 9.17) is 4.74 Å². The van der Waals surface area contributed by atoms with E-state index in [0.29, 0.717) is 5.25 Å². The highest BCUT2D eigenvalue weighted by Gasteiger charge is 2.04. The molecule has 0 saturated carbocycles. The summed E-state index contributed by atoms with van der Waals surface area (Å²) in [5.41, 5.74) is 0. The maximum atomic E-state index is 5.04. The number of thioether (sulfide) groups is 1. The summed E-state index contributed by atoms with van der Waals surface area (Å²) in [6, 6.07) is 0. The number of aryl methyl sites for hydroxylation is 1. The molecule has 1 heterocycles. The first-order valence-electron chi connectivity index (χ1n) is 5.54. The van der Waals surface area contributed by atoms with Crippen LogP contribution in [0.15, 0.2) is 12.4 Å². The molecule has 1 rings (SSSR count). The zero-order chi connectivity index (χ0) is 11.8. The predicted octanol–water partition coefficient (Wildman–Crippen LogP) is 2.08. The summed E-state index contributed by atoms with van der Waals surface area (Å²) in [4.78, 5) is 4.30. The largest absolute Gasteiger partial charge is 0.385 e. The minimum Gasteiger partial charge on any atom is -0.385 e. The molecule has 0 aromatic carbocycles. The van der Waals surface area contributed by atoms with Crippen LogP contribution in [-0.2, 0) is 11.3 Å². The van der Waals surface area contributed by atoms with E-state index in [-0.39, 0.29) is 0 Å². The summed E-state index contributed by atoms with van der Waals surface area (Å²) in [5, 5.41) is 3.96. The molecule has 16 heavy (non-hydrogen) atoms. The number of ether oxygens (including phenoxy) is 1. The molecule has 1 N–H and O–H groups in total. The average Bonchev–Trinajstić information content (AvgIpc) is 2.74. The fourth-order valence-electron chi connectivity index (χ4n) is 1.35. The highest BCUT2D eigenvalue weighted by molar-refractivity contribution is 7.99. The average molecular weight is 243 g/mol. The summed E-state index contributed by atoms with van der Waals surface area (Å²) < 4.78 is 7.17. The lowest BCUT2D eigenvalue weighted by molar-refractivity contribution is 0.190. The van der Waals surface area contributed by atoms with E-state index in [1.54, 1.807) is 7.11 Å². The summed E-state index contributed by atoms with van der Waals surface area (Å²) in [7, 11) is 1.73. The Bertz CT molecular complexity index is 291. The second-order valence-corrected chi connectivity index (χ2v) is 4.99. The first-order valence-corrected chi connectivity index (χ1v) is 6.83. The van der Waals surface area contributed by atoms with Gasteiger partial charge in [-0.15, -0.1) is 0 Å². The minimum absolute atomic E-state index is 0.601. The maximum absolute atomic E-state index is 5.04. The molecular formula is C11H21N3OS. The van der Waals surface area contributed by atoms with Crippen LogP contribution in [0.5, 0.6) is 0 Å². The maximum Gasteiger partial charge on any atom is 0.202 e. The molecular weight excluding hydrogens is 222 g/mol. The van der Waals surface area contributed by atoms with Crippen LogP contribution in [0, 0.1) is 0 Å². The predicted molar refractivity (Wildman–Crippen MR) is 70.2 cm³/mol. The van der Waals surface area contributed by atoms with Crippen LogP contribution in [0.4, 0.5) is 5.95 Å². The quantitative estimate of drug-likeness (QED) is 0.710. The summed E-state index contributed by atoms with van der Waals surface area (Å²) in [6.45, 7) is 4.89. The van der Waals surface area contributed by atoms with Gasteiger partial charge < -0.3 is 14.6 Å². The Labute approximate surface area is 102 Å². The van der Waals surface area contributed by atoms with Crippen LogP contribution in [-0.4, -0.2) is 41.3 Å². The van der Waals surface area contributed by atoms with Crippen LogP contribution in [0.25, 0.3) is 0 Å². The fraction of sp³-hybridized carbons (Fsp3) is 0.727. The van der Waals surface area contributed by atoms with Crippen molar-refractivity contribution < 1.29 is 4.74 Å². The number of hydrogen-bond acceptors (Lipinski definition) is 4. The molecule has 0 fully saturated rings. The first kappa shape index (κ1) is 13.4. The third-order valence-corrected chi connectivity index (χ3v) is 3.38. The van der Waals surface area contributed by atoms with Gasteiger partial charge in [-0.05, 0) is 12.7 Å². The van der Waals surface area contributed by atoms with Crippen molar-refractivity contribution in [2.75, 3.05) is 31.8 Å². The lowest BCUT2D eigenvalue weighted by Crippen LogP contribution is -2.16. The van der Waals surface area contributed by atoms with E-state index in [2.05, 4.69) is 28.0 Å². The number of methoxy groups -OCH3 is 1. The van der Waals surface area contributed by atoms with E-state index in [0.717, 1.165) is 32.1 Å². The van der Waals surface area contributed by atoms with E-state index in [1.807, 2.05) is 24.2 Å². The Morgan fingerprint density at radius 2 is 2.44 bits per heavy atom. The van der Waals surface area contributed by atoms with Gasteiger partial charge in [-0.1, -0.05) is 6.92 Å². The molecule has 0 spiro atoms. The molecule has 0 amide bonds. The third-order valence-electron chi connectivity index (χ3n) is 2.41. The van der Waals surface area contributed by atoms with Crippen LogP contribution >= 0.6 is 11.8 Å². The number of nitrogens with zero attached hydrogens (tertiary/aromatic N) is 2. The smallest absolute Gasteiger partial charge is 0.202 e. The Morgan fingerprint density at radius 1 is 1.62 bits per heavy atom. The highest BCUT2D eigenvalue weighted by Crippen LogP contribution is 2.09. The van der Waals surface area contributed by atoms with Crippen molar-refractivity contribution in [3.8, 4) is 0 Å². The van der Waals surface area contributed by atoms with Crippen molar-refractivity contribution in [3.05, 3.63) is 12.4 Å². The van der Waals surface area contributed by atoms with E-state index in [9.17, 15) is 0 Å². The van der Waals surface area contributed by atoms with Gasteiger partial charge in [-0.25, -0.2) is 4.98 Å². The zero-order valence-corrected chi connectivity index (χ0v) is 11.1. The van der Waals surface area contributed by atoms with E-state index in [1.165, 1.54) is 0 Å². The summed E-state index contributed by atoms with van der Waals surface area (Å²) >= 11 is 1.85. The number of rotatable bonds is 8. The molecule has 5 heteroatoms. The van der Waals surface area contributed by atoms with Crippen LogP contribution in [0.1, 0.15) is 13.3 Å². The highest BCUT2D eigenvalue weighted by atomic mass is 32.2.